The SMILES string of the molecule is CC1(C)CC(N)C1N.Cl.Cl.N. The smallest absolute Gasteiger partial charge is 0.0245 e. The summed E-state index contributed by atoms with van der Waals surface area (Å²) in [5, 5.41) is 0. The van der Waals surface area contributed by atoms with Gasteiger partial charge in [-0.05, 0) is 11.8 Å². The Morgan fingerprint density at radius 1 is 1.18 bits per heavy atom. The van der Waals surface area contributed by atoms with Crippen LogP contribution in [0.2, 0.25) is 0 Å². The van der Waals surface area contributed by atoms with Crippen molar-refractivity contribution in [2.45, 2.75) is 32.4 Å². The first-order valence-corrected chi connectivity index (χ1v) is 3.05. The van der Waals surface area contributed by atoms with Crippen LogP contribution >= 0.6 is 24.8 Å². The fraction of sp³-hybridized carbons (Fsp3) is 1.00. The predicted octanol–water partition coefficient (Wildman–Crippen LogP) is 1.08. The first-order valence-electron chi connectivity index (χ1n) is 3.05. The van der Waals surface area contributed by atoms with Crippen LogP contribution in [-0.2, 0) is 0 Å². The molecule has 0 amide bonds. The molecule has 11 heavy (non-hydrogen) atoms. The van der Waals surface area contributed by atoms with Crippen molar-refractivity contribution in [3.8, 4) is 0 Å². The molecule has 0 spiro atoms. The quantitative estimate of drug-likeness (QED) is 0.551. The van der Waals surface area contributed by atoms with Gasteiger partial charge in [0.15, 0.2) is 0 Å². The second-order valence-electron chi connectivity index (χ2n) is 3.38. The van der Waals surface area contributed by atoms with E-state index in [2.05, 4.69) is 13.8 Å². The van der Waals surface area contributed by atoms with Gasteiger partial charge < -0.3 is 17.6 Å². The van der Waals surface area contributed by atoms with Gasteiger partial charge in [-0.15, -0.1) is 24.8 Å². The van der Waals surface area contributed by atoms with Gasteiger partial charge in [0.1, 0.15) is 0 Å². The lowest BCUT2D eigenvalue weighted by atomic mass is 9.64. The molecule has 1 aliphatic rings. The molecule has 0 aromatic heterocycles. The standard InChI is InChI=1S/C6H14N2.2ClH.H3N/c1-6(2)3-4(7)5(6)8;;;/h4-5H,3,7-8H2,1-2H3;2*1H;1H3. The lowest BCUT2D eigenvalue weighted by molar-refractivity contribution is 0.110. The lowest BCUT2D eigenvalue weighted by Crippen LogP contribution is -2.62. The molecule has 0 bridgehead atoms. The molecule has 1 saturated carbocycles. The van der Waals surface area contributed by atoms with Crippen LogP contribution in [0.3, 0.4) is 0 Å². The van der Waals surface area contributed by atoms with Gasteiger partial charge in [-0.3, -0.25) is 0 Å². The Labute approximate surface area is 80.7 Å². The molecule has 3 nitrogen and oxygen atoms in total. The van der Waals surface area contributed by atoms with Crippen LogP contribution in [0.15, 0.2) is 0 Å². The third-order valence-corrected chi connectivity index (χ3v) is 2.13. The van der Waals surface area contributed by atoms with Gasteiger partial charge in [0.05, 0.1) is 0 Å². The molecule has 1 aliphatic carbocycles. The van der Waals surface area contributed by atoms with Crippen LogP contribution in [-0.4, -0.2) is 12.1 Å². The molecule has 1 fully saturated rings. The van der Waals surface area contributed by atoms with Gasteiger partial charge in [-0.25, -0.2) is 0 Å². The van der Waals surface area contributed by atoms with Crippen molar-refractivity contribution in [3.05, 3.63) is 0 Å². The minimum Gasteiger partial charge on any atom is -0.344 e. The van der Waals surface area contributed by atoms with Crippen molar-refractivity contribution in [2.24, 2.45) is 16.9 Å². The molecule has 2 unspecified atom stereocenters. The fourth-order valence-electron chi connectivity index (χ4n) is 1.29. The molecule has 0 aliphatic heterocycles. The van der Waals surface area contributed by atoms with Crippen LogP contribution in [0.5, 0.6) is 0 Å². The van der Waals surface area contributed by atoms with E-state index in [0.717, 1.165) is 6.42 Å². The third kappa shape index (κ3) is 3.13. The summed E-state index contributed by atoms with van der Waals surface area (Å²) in [7, 11) is 0. The van der Waals surface area contributed by atoms with Gasteiger partial charge in [0.25, 0.3) is 0 Å². The maximum Gasteiger partial charge on any atom is 0.0245 e. The van der Waals surface area contributed by atoms with E-state index >= 15 is 0 Å². The summed E-state index contributed by atoms with van der Waals surface area (Å²) in [6.45, 7) is 4.31. The maximum atomic E-state index is 5.67. The Hall–Kier alpha value is 0.460. The molecular formula is C6H19Cl2N3. The largest absolute Gasteiger partial charge is 0.344 e. The molecule has 1 rings (SSSR count). The van der Waals surface area contributed by atoms with E-state index in [9.17, 15) is 0 Å². The number of hydrogen-bond donors (Lipinski definition) is 3. The van der Waals surface area contributed by atoms with Crippen molar-refractivity contribution >= 4 is 24.8 Å². The van der Waals surface area contributed by atoms with E-state index in [-0.39, 0.29) is 43.0 Å². The molecule has 0 aromatic carbocycles. The molecule has 72 valence electrons. The van der Waals surface area contributed by atoms with Gasteiger partial charge in [-0.2, -0.15) is 0 Å². The first kappa shape index (κ1) is 17.5. The third-order valence-electron chi connectivity index (χ3n) is 2.13. The first-order chi connectivity index (χ1) is 3.54. The number of nitrogens with two attached hydrogens (primary N) is 2. The van der Waals surface area contributed by atoms with Crippen molar-refractivity contribution in [2.75, 3.05) is 0 Å². The Balaban J connectivity index is -0.000000213. The zero-order valence-corrected chi connectivity index (χ0v) is 8.67. The van der Waals surface area contributed by atoms with Gasteiger partial charge in [0, 0.05) is 12.1 Å². The number of hydrogen-bond acceptors (Lipinski definition) is 3. The molecule has 0 radical (unpaired) electrons. The van der Waals surface area contributed by atoms with Crippen molar-refractivity contribution in [1.29, 1.82) is 0 Å². The van der Waals surface area contributed by atoms with Gasteiger partial charge >= 0.3 is 0 Å². The second kappa shape index (κ2) is 5.17. The zero-order chi connectivity index (χ0) is 6.36. The van der Waals surface area contributed by atoms with Gasteiger partial charge in [-0.1, -0.05) is 13.8 Å². The molecular weight excluding hydrogens is 185 g/mol. The Bertz CT molecular complexity index is 108. The zero-order valence-electron chi connectivity index (χ0n) is 7.04. The highest BCUT2D eigenvalue weighted by Crippen LogP contribution is 2.37. The lowest BCUT2D eigenvalue weighted by Gasteiger charge is -2.47. The summed E-state index contributed by atoms with van der Waals surface area (Å²) < 4.78 is 0. The van der Waals surface area contributed by atoms with Crippen LogP contribution < -0.4 is 17.6 Å². The maximum absolute atomic E-state index is 5.67. The summed E-state index contributed by atoms with van der Waals surface area (Å²) in [6.07, 6.45) is 1.08. The molecule has 5 heteroatoms. The Morgan fingerprint density at radius 2 is 1.55 bits per heavy atom. The van der Waals surface area contributed by atoms with E-state index in [0.29, 0.717) is 5.41 Å². The Kier molecular flexibility index (Phi) is 8.23. The molecule has 0 heterocycles. The minimum absolute atomic E-state index is 0. The van der Waals surface area contributed by atoms with Crippen LogP contribution in [0.4, 0.5) is 0 Å². The van der Waals surface area contributed by atoms with E-state index in [1.165, 1.54) is 0 Å². The highest BCUT2D eigenvalue weighted by Gasteiger charge is 2.42. The van der Waals surface area contributed by atoms with Crippen LogP contribution in [0.1, 0.15) is 20.3 Å². The summed E-state index contributed by atoms with van der Waals surface area (Å²) >= 11 is 0. The molecule has 7 N–H and O–H groups in total. The summed E-state index contributed by atoms with van der Waals surface area (Å²) in [4.78, 5) is 0. The summed E-state index contributed by atoms with van der Waals surface area (Å²) in [5.41, 5.74) is 11.6. The topological polar surface area (TPSA) is 87.0 Å². The van der Waals surface area contributed by atoms with E-state index in [1.54, 1.807) is 0 Å². The number of halogens is 2. The van der Waals surface area contributed by atoms with Crippen molar-refractivity contribution in [1.82, 2.24) is 6.15 Å². The van der Waals surface area contributed by atoms with E-state index < -0.39 is 0 Å². The van der Waals surface area contributed by atoms with Crippen LogP contribution in [0, 0.1) is 5.41 Å². The van der Waals surface area contributed by atoms with Crippen molar-refractivity contribution < 1.29 is 0 Å². The minimum atomic E-state index is 0. The molecule has 2 atom stereocenters. The average molecular weight is 204 g/mol. The molecule has 0 saturated heterocycles. The van der Waals surface area contributed by atoms with E-state index in [4.69, 9.17) is 11.5 Å². The summed E-state index contributed by atoms with van der Waals surface area (Å²) in [5.74, 6) is 0. The fourth-order valence-corrected chi connectivity index (χ4v) is 1.29. The predicted molar refractivity (Wildman–Crippen MR) is 53.9 cm³/mol. The highest BCUT2D eigenvalue weighted by atomic mass is 35.5. The highest BCUT2D eigenvalue weighted by molar-refractivity contribution is 5.85. The Morgan fingerprint density at radius 3 is 1.55 bits per heavy atom. The monoisotopic (exact) mass is 203 g/mol. The number of rotatable bonds is 0. The second-order valence-corrected chi connectivity index (χ2v) is 3.38. The average Bonchev–Trinajstić information content (AvgIpc) is 1.65. The van der Waals surface area contributed by atoms with E-state index in [1.807, 2.05) is 0 Å². The van der Waals surface area contributed by atoms with Gasteiger partial charge in [0.2, 0.25) is 0 Å². The summed E-state index contributed by atoms with van der Waals surface area (Å²) in [6, 6.07) is 0.479. The van der Waals surface area contributed by atoms with Crippen LogP contribution in [0.25, 0.3) is 0 Å². The normalized spacial score (nSPS) is 31.6. The molecule has 0 aromatic rings. The van der Waals surface area contributed by atoms with Crippen molar-refractivity contribution in [3.63, 3.8) is 0 Å².